The van der Waals surface area contributed by atoms with Gasteiger partial charge in [-0.2, -0.15) is 0 Å². The molecule has 0 aliphatic rings. The van der Waals surface area contributed by atoms with E-state index < -0.39 is 5.91 Å². The average Bonchev–Trinajstić information content (AvgIpc) is 2.60. The van der Waals surface area contributed by atoms with Crippen LogP contribution in [0.3, 0.4) is 0 Å². The van der Waals surface area contributed by atoms with Crippen molar-refractivity contribution in [2.24, 2.45) is 0 Å². The van der Waals surface area contributed by atoms with Gasteiger partial charge in [0.15, 0.2) is 5.11 Å². The van der Waals surface area contributed by atoms with Crippen LogP contribution in [0.2, 0.25) is 0 Å². The van der Waals surface area contributed by atoms with Crippen LogP contribution in [-0.2, 0) is 0 Å². The lowest BCUT2D eigenvalue weighted by Gasteiger charge is -2.15. The number of amides is 2. The molecule has 0 bridgehead atoms. The molecule has 0 heterocycles. The maximum atomic E-state index is 12.3. The molecule has 7 heteroatoms. The van der Waals surface area contributed by atoms with Gasteiger partial charge >= 0.3 is 0 Å². The van der Waals surface area contributed by atoms with Crippen molar-refractivity contribution in [3.63, 3.8) is 0 Å². The van der Waals surface area contributed by atoms with Gasteiger partial charge in [0.25, 0.3) is 11.8 Å². The van der Waals surface area contributed by atoms with Gasteiger partial charge in [-0.05, 0) is 50.3 Å². The van der Waals surface area contributed by atoms with E-state index in [-0.39, 0.29) is 17.1 Å². The van der Waals surface area contributed by atoms with Crippen LogP contribution in [0.25, 0.3) is 0 Å². The Morgan fingerprint density at radius 1 is 0.920 bits per heavy atom. The van der Waals surface area contributed by atoms with Crippen molar-refractivity contribution in [3.05, 3.63) is 65.7 Å². The van der Waals surface area contributed by atoms with E-state index >= 15 is 0 Å². The molecule has 130 valence electrons. The van der Waals surface area contributed by atoms with E-state index in [1.807, 2.05) is 19.9 Å². The topological polar surface area (TPSA) is 79.5 Å². The normalized spacial score (nSPS) is 10.0. The summed E-state index contributed by atoms with van der Waals surface area (Å²) in [4.78, 5) is 24.3. The van der Waals surface area contributed by atoms with Crippen molar-refractivity contribution in [2.75, 3.05) is 0 Å². The van der Waals surface area contributed by atoms with Gasteiger partial charge in [0.05, 0.1) is 11.7 Å². The van der Waals surface area contributed by atoms with E-state index in [1.165, 1.54) is 0 Å². The number of nitrogens with one attached hydrogen (secondary N) is 3. The highest BCUT2D eigenvalue weighted by Gasteiger charge is 2.14. The minimum Gasteiger partial charge on any atom is -0.490 e. The highest BCUT2D eigenvalue weighted by atomic mass is 32.1. The Morgan fingerprint density at radius 2 is 1.56 bits per heavy atom. The second-order valence-corrected chi connectivity index (χ2v) is 5.80. The molecule has 2 aromatic rings. The first kappa shape index (κ1) is 18.4. The standard InChI is InChI=1S/C18H19N3O3S/c1-12(2)24-15-11-7-6-10-14(15)17(23)19-18(25)21-20-16(22)13-8-4-3-5-9-13/h3-12H,1-2H3,(H,20,22)(H2,19,21,23,25). The Balaban J connectivity index is 1.92. The van der Waals surface area contributed by atoms with Gasteiger partial charge in [-0.1, -0.05) is 30.3 Å². The van der Waals surface area contributed by atoms with Gasteiger partial charge in [-0.15, -0.1) is 0 Å². The minimum atomic E-state index is -0.428. The zero-order valence-corrected chi connectivity index (χ0v) is 14.7. The number of carbonyl (C=O) groups is 2. The van der Waals surface area contributed by atoms with Crippen molar-refractivity contribution < 1.29 is 14.3 Å². The number of thiocarbonyl (C=S) groups is 1. The highest BCUT2D eigenvalue weighted by Crippen LogP contribution is 2.19. The second kappa shape index (κ2) is 8.79. The van der Waals surface area contributed by atoms with Gasteiger partial charge in [-0.3, -0.25) is 25.8 Å². The van der Waals surface area contributed by atoms with Crippen LogP contribution in [0.4, 0.5) is 0 Å². The number of rotatable bonds is 4. The molecule has 0 aliphatic heterocycles. The molecule has 25 heavy (non-hydrogen) atoms. The lowest BCUT2D eigenvalue weighted by atomic mass is 10.2. The van der Waals surface area contributed by atoms with Crippen molar-refractivity contribution in [1.82, 2.24) is 16.2 Å². The predicted molar refractivity (Wildman–Crippen MR) is 99.3 cm³/mol. The van der Waals surface area contributed by atoms with Crippen LogP contribution >= 0.6 is 12.2 Å². The molecule has 0 atom stereocenters. The summed E-state index contributed by atoms with van der Waals surface area (Å²) in [6, 6.07) is 15.5. The third kappa shape index (κ3) is 5.58. The van der Waals surface area contributed by atoms with Crippen LogP contribution in [0, 0.1) is 0 Å². The molecule has 0 fully saturated rings. The number of hydrazine groups is 1. The van der Waals surface area contributed by atoms with Crippen LogP contribution < -0.4 is 20.9 Å². The largest absolute Gasteiger partial charge is 0.490 e. The van der Waals surface area contributed by atoms with E-state index in [2.05, 4.69) is 16.2 Å². The second-order valence-electron chi connectivity index (χ2n) is 5.39. The first-order valence-corrected chi connectivity index (χ1v) is 8.10. The number of benzene rings is 2. The van der Waals surface area contributed by atoms with Gasteiger partial charge < -0.3 is 4.74 Å². The maximum Gasteiger partial charge on any atom is 0.269 e. The zero-order chi connectivity index (χ0) is 18.2. The van der Waals surface area contributed by atoms with E-state index in [1.54, 1.807) is 48.5 Å². The molecule has 6 nitrogen and oxygen atoms in total. The lowest BCUT2D eigenvalue weighted by Crippen LogP contribution is -2.48. The molecule has 2 aromatic carbocycles. The zero-order valence-electron chi connectivity index (χ0n) is 13.9. The first-order valence-electron chi connectivity index (χ1n) is 7.69. The number of carbonyl (C=O) groups excluding carboxylic acids is 2. The summed E-state index contributed by atoms with van der Waals surface area (Å²) in [7, 11) is 0. The van der Waals surface area contributed by atoms with E-state index in [9.17, 15) is 9.59 Å². The van der Waals surface area contributed by atoms with Gasteiger partial charge in [0.1, 0.15) is 5.75 Å². The number of hydrogen-bond acceptors (Lipinski definition) is 4. The third-order valence-corrected chi connectivity index (χ3v) is 3.25. The fourth-order valence-electron chi connectivity index (χ4n) is 1.99. The summed E-state index contributed by atoms with van der Waals surface area (Å²) in [6.45, 7) is 3.75. The van der Waals surface area contributed by atoms with Crippen LogP contribution in [-0.4, -0.2) is 23.0 Å². The molecular formula is C18H19N3O3S. The molecule has 2 rings (SSSR count). The molecule has 0 saturated heterocycles. The third-order valence-electron chi connectivity index (χ3n) is 3.05. The van der Waals surface area contributed by atoms with Crippen LogP contribution in [0.1, 0.15) is 34.6 Å². The Hall–Kier alpha value is -2.93. The molecule has 0 saturated carbocycles. The number of ether oxygens (including phenoxy) is 1. The first-order chi connectivity index (χ1) is 12.0. The fourth-order valence-corrected chi connectivity index (χ4v) is 2.13. The van der Waals surface area contributed by atoms with Crippen molar-refractivity contribution in [1.29, 1.82) is 0 Å². The van der Waals surface area contributed by atoms with Crippen LogP contribution in [0.15, 0.2) is 54.6 Å². The molecule has 2 amide bonds. The van der Waals surface area contributed by atoms with Crippen molar-refractivity contribution in [2.45, 2.75) is 20.0 Å². The number of hydrogen-bond donors (Lipinski definition) is 3. The van der Waals surface area contributed by atoms with Crippen molar-refractivity contribution in [3.8, 4) is 5.75 Å². The lowest BCUT2D eigenvalue weighted by molar-refractivity contribution is 0.0933. The van der Waals surface area contributed by atoms with E-state index in [4.69, 9.17) is 17.0 Å². The molecular weight excluding hydrogens is 338 g/mol. The molecule has 0 unspecified atom stereocenters. The number of para-hydroxylation sites is 1. The molecule has 0 radical (unpaired) electrons. The Kier molecular flexibility index (Phi) is 6.47. The summed E-state index contributed by atoms with van der Waals surface area (Å²) in [6.07, 6.45) is -0.0656. The maximum absolute atomic E-state index is 12.3. The monoisotopic (exact) mass is 357 g/mol. The quantitative estimate of drug-likeness (QED) is 0.578. The van der Waals surface area contributed by atoms with E-state index in [0.717, 1.165) is 0 Å². The van der Waals surface area contributed by atoms with Gasteiger partial charge in [-0.25, -0.2) is 0 Å². The predicted octanol–water partition coefficient (Wildman–Crippen LogP) is 2.42. The summed E-state index contributed by atoms with van der Waals surface area (Å²) in [5.41, 5.74) is 5.76. The Morgan fingerprint density at radius 3 is 2.24 bits per heavy atom. The highest BCUT2D eigenvalue weighted by molar-refractivity contribution is 7.80. The van der Waals surface area contributed by atoms with Gasteiger partial charge in [0.2, 0.25) is 0 Å². The Labute approximate surface area is 151 Å². The molecule has 0 aliphatic carbocycles. The van der Waals surface area contributed by atoms with Gasteiger partial charge in [0, 0.05) is 5.56 Å². The van der Waals surface area contributed by atoms with Crippen molar-refractivity contribution >= 4 is 29.1 Å². The summed E-state index contributed by atoms with van der Waals surface area (Å²) in [5, 5.41) is 2.48. The summed E-state index contributed by atoms with van der Waals surface area (Å²) in [5.74, 6) is -0.324. The molecule has 3 N–H and O–H groups in total. The molecule has 0 spiro atoms. The SMILES string of the molecule is CC(C)Oc1ccccc1C(=O)NC(=S)NNC(=O)c1ccccc1. The smallest absolute Gasteiger partial charge is 0.269 e. The average molecular weight is 357 g/mol. The fraction of sp³-hybridized carbons (Fsp3) is 0.167. The minimum absolute atomic E-state index is 0.0198. The Bertz CT molecular complexity index is 763. The van der Waals surface area contributed by atoms with E-state index in [0.29, 0.717) is 16.9 Å². The summed E-state index contributed by atoms with van der Waals surface area (Å²) < 4.78 is 5.61. The molecule has 0 aromatic heterocycles. The van der Waals surface area contributed by atoms with Crippen LogP contribution in [0.5, 0.6) is 5.75 Å². The summed E-state index contributed by atoms with van der Waals surface area (Å²) >= 11 is 5.03.